The average molecular weight is 385 g/mol. The van der Waals surface area contributed by atoms with Gasteiger partial charge in [-0.15, -0.1) is 0 Å². The SMILES string of the molecule is CC1(COC(=O)c2ccccc2)Cc2ccccc2CN1C(=O)c1ccccc1. The smallest absolute Gasteiger partial charge is 0.338 e. The molecular formula is C25H23NO3. The standard InChI is InChI=1S/C25H23NO3/c1-25(18-29-24(28)20-12-6-3-7-13-20)16-21-14-8-9-15-22(21)17-26(25)23(27)19-10-4-2-5-11-19/h2-15H,16-18H2,1H3. The van der Waals surface area contributed by atoms with Gasteiger partial charge in [0.25, 0.3) is 5.91 Å². The molecule has 0 bridgehead atoms. The molecule has 29 heavy (non-hydrogen) atoms. The molecule has 1 heterocycles. The van der Waals surface area contributed by atoms with E-state index in [4.69, 9.17) is 4.74 Å². The molecule has 1 unspecified atom stereocenters. The summed E-state index contributed by atoms with van der Waals surface area (Å²) in [7, 11) is 0. The van der Waals surface area contributed by atoms with Gasteiger partial charge in [-0.2, -0.15) is 0 Å². The van der Waals surface area contributed by atoms with Crippen molar-refractivity contribution >= 4 is 11.9 Å². The van der Waals surface area contributed by atoms with Crippen molar-refractivity contribution in [2.45, 2.75) is 25.4 Å². The Labute approximate surface area is 170 Å². The van der Waals surface area contributed by atoms with E-state index < -0.39 is 5.54 Å². The molecule has 0 radical (unpaired) electrons. The molecule has 4 heteroatoms. The number of ether oxygens (including phenoxy) is 1. The minimum absolute atomic E-state index is 0.0571. The van der Waals surface area contributed by atoms with Gasteiger partial charge in [0.05, 0.1) is 11.1 Å². The summed E-state index contributed by atoms with van der Waals surface area (Å²) in [4.78, 5) is 27.7. The number of carbonyl (C=O) groups excluding carboxylic acids is 2. The molecule has 3 aromatic carbocycles. The zero-order chi connectivity index (χ0) is 20.3. The Bertz CT molecular complexity index is 1020. The number of amides is 1. The van der Waals surface area contributed by atoms with Crippen LogP contribution in [0.5, 0.6) is 0 Å². The normalized spacial score (nSPS) is 18.0. The van der Waals surface area contributed by atoms with E-state index in [9.17, 15) is 9.59 Å². The van der Waals surface area contributed by atoms with Gasteiger partial charge in [-0.1, -0.05) is 60.7 Å². The highest BCUT2D eigenvalue weighted by molar-refractivity contribution is 5.95. The van der Waals surface area contributed by atoms with Gasteiger partial charge in [-0.3, -0.25) is 4.79 Å². The van der Waals surface area contributed by atoms with E-state index in [1.165, 1.54) is 5.56 Å². The van der Waals surface area contributed by atoms with Crippen molar-refractivity contribution in [2.24, 2.45) is 0 Å². The van der Waals surface area contributed by atoms with Gasteiger partial charge in [0.15, 0.2) is 0 Å². The predicted molar refractivity (Wildman–Crippen MR) is 112 cm³/mol. The summed E-state index contributed by atoms with van der Waals surface area (Å²) >= 11 is 0. The minimum atomic E-state index is -0.633. The molecule has 1 aliphatic heterocycles. The number of benzene rings is 3. The predicted octanol–water partition coefficient (Wildman–Crippen LogP) is 4.50. The fraction of sp³-hybridized carbons (Fsp3) is 0.200. The van der Waals surface area contributed by atoms with Crippen LogP contribution in [-0.4, -0.2) is 28.9 Å². The number of carbonyl (C=O) groups is 2. The van der Waals surface area contributed by atoms with E-state index in [1.807, 2.05) is 60.4 Å². The maximum atomic E-state index is 13.3. The summed E-state index contributed by atoms with van der Waals surface area (Å²) < 4.78 is 5.67. The second-order valence-electron chi connectivity index (χ2n) is 7.64. The van der Waals surface area contributed by atoms with Gasteiger partial charge in [0.1, 0.15) is 6.61 Å². The van der Waals surface area contributed by atoms with Crippen molar-refractivity contribution in [3.63, 3.8) is 0 Å². The lowest BCUT2D eigenvalue weighted by atomic mass is 9.84. The molecule has 0 saturated carbocycles. The molecule has 0 saturated heterocycles. The van der Waals surface area contributed by atoms with E-state index in [-0.39, 0.29) is 18.5 Å². The third kappa shape index (κ3) is 3.92. The molecule has 0 N–H and O–H groups in total. The van der Waals surface area contributed by atoms with Gasteiger partial charge < -0.3 is 9.64 Å². The Kier molecular flexibility index (Phi) is 5.17. The number of rotatable bonds is 4. The Balaban J connectivity index is 1.62. The highest BCUT2D eigenvalue weighted by Crippen LogP contribution is 2.33. The third-order valence-corrected chi connectivity index (χ3v) is 5.46. The monoisotopic (exact) mass is 385 g/mol. The van der Waals surface area contributed by atoms with Gasteiger partial charge in [-0.05, 0) is 48.7 Å². The summed E-state index contributed by atoms with van der Waals surface area (Å²) in [6.07, 6.45) is 0.629. The molecule has 1 aliphatic rings. The van der Waals surface area contributed by atoms with Crippen LogP contribution in [0.2, 0.25) is 0 Å². The number of fused-ring (bicyclic) bond motifs is 1. The van der Waals surface area contributed by atoms with Gasteiger partial charge >= 0.3 is 5.97 Å². The van der Waals surface area contributed by atoms with Gasteiger partial charge in [0, 0.05) is 12.1 Å². The minimum Gasteiger partial charge on any atom is -0.460 e. The Morgan fingerprint density at radius 1 is 0.828 bits per heavy atom. The summed E-state index contributed by atoms with van der Waals surface area (Å²) in [5.41, 5.74) is 2.82. The maximum absolute atomic E-state index is 13.3. The molecule has 0 aromatic heterocycles. The van der Waals surface area contributed by atoms with Crippen LogP contribution in [0.25, 0.3) is 0 Å². The molecule has 146 valence electrons. The van der Waals surface area contributed by atoms with Gasteiger partial charge in [-0.25, -0.2) is 4.79 Å². The van der Waals surface area contributed by atoms with Crippen LogP contribution in [0.3, 0.4) is 0 Å². The first kappa shape index (κ1) is 18.9. The lowest BCUT2D eigenvalue weighted by Crippen LogP contribution is -2.56. The largest absolute Gasteiger partial charge is 0.460 e. The van der Waals surface area contributed by atoms with Crippen LogP contribution in [-0.2, 0) is 17.7 Å². The van der Waals surface area contributed by atoms with Crippen molar-refractivity contribution in [1.29, 1.82) is 0 Å². The highest BCUT2D eigenvalue weighted by Gasteiger charge is 2.41. The van der Waals surface area contributed by atoms with Crippen molar-refractivity contribution in [3.05, 3.63) is 107 Å². The second kappa shape index (κ2) is 7.92. The maximum Gasteiger partial charge on any atom is 0.338 e. The van der Waals surface area contributed by atoms with E-state index in [0.29, 0.717) is 24.1 Å². The molecule has 0 aliphatic carbocycles. The summed E-state index contributed by atoms with van der Waals surface area (Å²) in [5, 5.41) is 0. The lowest BCUT2D eigenvalue weighted by Gasteiger charge is -2.45. The van der Waals surface area contributed by atoms with Crippen LogP contribution in [0, 0.1) is 0 Å². The van der Waals surface area contributed by atoms with Crippen molar-refractivity contribution in [3.8, 4) is 0 Å². The lowest BCUT2D eigenvalue weighted by molar-refractivity contribution is 0.00105. The molecule has 0 fully saturated rings. The van der Waals surface area contributed by atoms with Crippen LogP contribution in [0.1, 0.15) is 38.8 Å². The molecule has 4 nitrogen and oxygen atoms in total. The van der Waals surface area contributed by atoms with E-state index >= 15 is 0 Å². The van der Waals surface area contributed by atoms with Crippen molar-refractivity contribution < 1.29 is 14.3 Å². The van der Waals surface area contributed by atoms with E-state index in [0.717, 1.165) is 5.56 Å². The molecule has 0 spiro atoms. The molecule has 3 aromatic rings. The Hall–Kier alpha value is -3.40. The molecule has 1 amide bonds. The first-order chi connectivity index (χ1) is 14.1. The van der Waals surface area contributed by atoms with Crippen LogP contribution in [0.15, 0.2) is 84.9 Å². The Morgan fingerprint density at radius 3 is 2.03 bits per heavy atom. The number of esters is 1. The van der Waals surface area contributed by atoms with Crippen LogP contribution < -0.4 is 0 Å². The topological polar surface area (TPSA) is 46.6 Å². The van der Waals surface area contributed by atoms with Crippen LogP contribution >= 0.6 is 0 Å². The second-order valence-corrected chi connectivity index (χ2v) is 7.64. The Morgan fingerprint density at radius 2 is 1.38 bits per heavy atom. The average Bonchev–Trinajstić information content (AvgIpc) is 2.78. The molecule has 4 rings (SSSR count). The zero-order valence-electron chi connectivity index (χ0n) is 16.4. The van der Waals surface area contributed by atoms with Crippen molar-refractivity contribution in [1.82, 2.24) is 4.90 Å². The molecule has 1 atom stereocenters. The fourth-order valence-corrected chi connectivity index (χ4v) is 3.81. The summed E-state index contributed by atoms with van der Waals surface area (Å²) in [5.74, 6) is -0.434. The quantitative estimate of drug-likeness (QED) is 0.621. The molecular weight excluding hydrogens is 362 g/mol. The first-order valence-electron chi connectivity index (χ1n) is 9.73. The third-order valence-electron chi connectivity index (χ3n) is 5.46. The number of hydrogen-bond donors (Lipinski definition) is 0. The number of hydrogen-bond acceptors (Lipinski definition) is 3. The van der Waals surface area contributed by atoms with Crippen LogP contribution in [0.4, 0.5) is 0 Å². The zero-order valence-corrected chi connectivity index (χ0v) is 16.4. The fourth-order valence-electron chi connectivity index (χ4n) is 3.81. The van der Waals surface area contributed by atoms with E-state index in [1.54, 1.807) is 24.3 Å². The summed E-state index contributed by atoms with van der Waals surface area (Å²) in [6.45, 7) is 2.61. The van der Waals surface area contributed by atoms with Crippen molar-refractivity contribution in [2.75, 3.05) is 6.61 Å². The van der Waals surface area contributed by atoms with E-state index in [2.05, 4.69) is 12.1 Å². The number of nitrogens with zero attached hydrogens (tertiary/aromatic N) is 1. The highest BCUT2D eigenvalue weighted by atomic mass is 16.5. The first-order valence-corrected chi connectivity index (χ1v) is 9.73. The summed E-state index contributed by atoms with van der Waals surface area (Å²) in [6, 6.07) is 26.3. The van der Waals surface area contributed by atoms with Gasteiger partial charge in [0.2, 0.25) is 0 Å².